The molecule has 0 spiro atoms. The van der Waals surface area contributed by atoms with Gasteiger partial charge in [-0.2, -0.15) is 4.98 Å². The molecule has 35 heavy (non-hydrogen) atoms. The summed E-state index contributed by atoms with van der Waals surface area (Å²) in [5.41, 5.74) is 5.46. The molecule has 0 radical (unpaired) electrons. The average molecular weight is 476 g/mol. The minimum atomic E-state index is 0.466. The zero-order chi connectivity index (χ0) is 24.5. The van der Waals surface area contributed by atoms with Crippen molar-refractivity contribution in [1.82, 2.24) is 15.3 Å². The quantitative estimate of drug-likeness (QED) is 0.368. The standard InChI is InChI=1S/C30H45N5/c1-4-5-7-14-24(21-23-12-8-6-9-13-23)22-31-25-17-19-26(20-18-25)32-30-33-28-16-11-10-15-27(28)29(34-30)35(2)3/h6,8-9,12-13,21,25-26,31H,4-5,7,10-11,14-20,22H2,1-3H3,(H,32,33,34)/b24-21+/t25-,26+. The summed E-state index contributed by atoms with van der Waals surface area (Å²) in [6, 6.07) is 11.8. The summed E-state index contributed by atoms with van der Waals surface area (Å²) < 4.78 is 0. The van der Waals surface area contributed by atoms with E-state index in [0.29, 0.717) is 12.1 Å². The molecule has 1 aromatic carbocycles. The van der Waals surface area contributed by atoms with E-state index < -0.39 is 0 Å². The largest absolute Gasteiger partial charge is 0.362 e. The average Bonchev–Trinajstić information content (AvgIpc) is 2.88. The molecule has 1 saturated carbocycles. The van der Waals surface area contributed by atoms with Gasteiger partial charge in [-0.3, -0.25) is 0 Å². The van der Waals surface area contributed by atoms with Gasteiger partial charge in [-0.1, -0.05) is 61.7 Å². The Hall–Kier alpha value is -2.40. The maximum Gasteiger partial charge on any atom is 0.225 e. The van der Waals surface area contributed by atoms with Crippen LogP contribution >= 0.6 is 0 Å². The predicted octanol–water partition coefficient (Wildman–Crippen LogP) is 6.40. The second-order valence-corrected chi connectivity index (χ2v) is 10.6. The fourth-order valence-electron chi connectivity index (χ4n) is 5.51. The normalized spacial score (nSPS) is 20.4. The van der Waals surface area contributed by atoms with E-state index in [1.54, 1.807) is 0 Å². The van der Waals surface area contributed by atoms with Gasteiger partial charge in [0.1, 0.15) is 5.82 Å². The lowest BCUT2D eigenvalue weighted by Crippen LogP contribution is -2.38. The van der Waals surface area contributed by atoms with Crippen molar-refractivity contribution in [2.24, 2.45) is 0 Å². The van der Waals surface area contributed by atoms with E-state index in [2.05, 4.69) is 73.0 Å². The molecule has 5 nitrogen and oxygen atoms in total. The first kappa shape index (κ1) is 25.7. The van der Waals surface area contributed by atoms with Crippen LogP contribution in [0.25, 0.3) is 6.08 Å². The lowest BCUT2D eigenvalue weighted by molar-refractivity contribution is 0.360. The van der Waals surface area contributed by atoms with Crippen molar-refractivity contribution >= 4 is 17.8 Å². The van der Waals surface area contributed by atoms with E-state index in [1.807, 2.05) is 0 Å². The van der Waals surface area contributed by atoms with Gasteiger partial charge in [0.2, 0.25) is 5.95 Å². The van der Waals surface area contributed by atoms with E-state index in [9.17, 15) is 0 Å². The van der Waals surface area contributed by atoms with Crippen molar-refractivity contribution in [1.29, 1.82) is 0 Å². The van der Waals surface area contributed by atoms with Gasteiger partial charge in [-0.15, -0.1) is 0 Å². The number of aromatic nitrogens is 2. The number of fused-ring (bicyclic) bond motifs is 1. The molecule has 0 bridgehead atoms. The minimum Gasteiger partial charge on any atom is -0.362 e. The van der Waals surface area contributed by atoms with E-state index in [-0.39, 0.29) is 0 Å². The molecule has 1 aromatic heterocycles. The summed E-state index contributed by atoms with van der Waals surface area (Å²) >= 11 is 0. The maximum absolute atomic E-state index is 4.93. The topological polar surface area (TPSA) is 53.1 Å². The van der Waals surface area contributed by atoms with Gasteiger partial charge in [0.05, 0.1) is 5.69 Å². The van der Waals surface area contributed by atoms with Crippen LogP contribution in [0, 0.1) is 0 Å². The second-order valence-electron chi connectivity index (χ2n) is 10.6. The molecule has 0 aliphatic heterocycles. The lowest BCUT2D eigenvalue weighted by Gasteiger charge is -2.31. The predicted molar refractivity (Wildman–Crippen MR) is 149 cm³/mol. The smallest absolute Gasteiger partial charge is 0.225 e. The molecule has 2 aliphatic rings. The lowest BCUT2D eigenvalue weighted by atomic mass is 9.91. The number of rotatable bonds is 11. The second kappa shape index (κ2) is 13.1. The maximum atomic E-state index is 4.93. The Morgan fingerprint density at radius 2 is 1.71 bits per heavy atom. The molecular weight excluding hydrogens is 430 g/mol. The molecule has 0 saturated heterocycles. The molecule has 1 fully saturated rings. The third-order valence-corrected chi connectivity index (χ3v) is 7.53. The number of nitrogens with one attached hydrogen (secondary N) is 2. The first-order valence-electron chi connectivity index (χ1n) is 13.9. The van der Waals surface area contributed by atoms with Gasteiger partial charge < -0.3 is 15.5 Å². The first-order valence-corrected chi connectivity index (χ1v) is 13.9. The highest BCUT2D eigenvalue weighted by atomic mass is 15.2. The highest BCUT2D eigenvalue weighted by Crippen LogP contribution is 2.29. The van der Waals surface area contributed by atoms with Crippen LogP contribution in [0.3, 0.4) is 0 Å². The highest BCUT2D eigenvalue weighted by molar-refractivity contribution is 5.53. The fraction of sp³-hybridized carbons (Fsp3) is 0.600. The summed E-state index contributed by atoms with van der Waals surface area (Å²) in [4.78, 5) is 12.0. The van der Waals surface area contributed by atoms with Crippen molar-refractivity contribution in [3.63, 3.8) is 0 Å². The van der Waals surface area contributed by atoms with Crippen molar-refractivity contribution in [2.75, 3.05) is 30.9 Å². The zero-order valence-corrected chi connectivity index (χ0v) is 22.2. The third-order valence-electron chi connectivity index (χ3n) is 7.53. The van der Waals surface area contributed by atoms with Gasteiger partial charge in [0.25, 0.3) is 0 Å². The van der Waals surface area contributed by atoms with Crippen LogP contribution in [0.1, 0.15) is 88.0 Å². The Morgan fingerprint density at radius 3 is 2.46 bits per heavy atom. The molecule has 0 unspecified atom stereocenters. The van der Waals surface area contributed by atoms with Crippen LogP contribution in [0.4, 0.5) is 11.8 Å². The first-order chi connectivity index (χ1) is 17.1. The van der Waals surface area contributed by atoms with Crippen molar-refractivity contribution in [3.05, 3.63) is 52.7 Å². The van der Waals surface area contributed by atoms with Crippen LogP contribution in [-0.4, -0.2) is 42.7 Å². The Bertz CT molecular complexity index is 945. The van der Waals surface area contributed by atoms with Crippen LogP contribution in [0.5, 0.6) is 0 Å². The summed E-state index contributed by atoms with van der Waals surface area (Å²) in [6.45, 7) is 3.28. The molecule has 4 rings (SSSR count). The van der Waals surface area contributed by atoms with Crippen molar-refractivity contribution in [2.45, 2.75) is 96.1 Å². The van der Waals surface area contributed by atoms with Gasteiger partial charge in [-0.25, -0.2) is 4.98 Å². The van der Waals surface area contributed by atoms with E-state index in [1.165, 1.54) is 86.6 Å². The van der Waals surface area contributed by atoms with Crippen molar-refractivity contribution in [3.8, 4) is 0 Å². The number of anilines is 2. The van der Waals surface area contributed by atoms with Crippen LogP contribution in [0.15, 0.2) is 35.9 Å². The van der Waals surface area contributed by atoms with E-state index in [4.69, 9.17) is 9.97 Å². The van der Waals surface area contributed by atoms with E-state index in [0.717, 1.165) is 31.2 Å². The molecule has 190 valence electrons. The number of hydrogen-bond donors (Lipinski definition) is 2. The molecule has 2 aliphatic carbocycles. The Morgan fingerprint density at radius 1 is 0.971 bits per heavy atom. The molecule has 0 atom stereocenters. The third kappa shape index (κ3) is 7.54. The number of aryl methyl sites for hydroxylation is 1. The Labute approximate surface area is 212 Å². The van der Waals surface area contributed by atoms with E-state index >= 15 is 0 Å². The molecule has 2 N–H and O–H groups in total. The fourth-order valence-corrected chi connectivity index (χ4v) is 5.51. The van der Waals surface area contributed by atoms with Crippen LogP contribution < -0.4 is 15.5 Å². The van der Waals surface area contributed by atoms with Gasteiger partial charge in [-0.05, 0) is 69.8 Å². The molecule has 0 amide bonds. The SMILES string of the molecule is CCCCC/C(=C\c1ccccc1)CN[C@H]1CC[C@@H](Nc2nc3c(c(N(C)C)n2)CCCC3)CC1. The summed E-state index contributed by atoms with van der Waals surface area (Å²) in [5, 5.41) is 7.57. The molecular formula is C30H45N5. The summed E-state index contributed by atoms with van der Waals surface area (Å²) in [5.74, 6) is 1.93. The highest BCUT2D eigenvalue weighted by Gasteiger charge is 2.24. The number of hydrogen-bond acceptors (Lipinski definition) is 5. The van der Waals surface area contributed by atoms with Gasteiger partial charge in [0.15, 0.2) is 0 Å². The molecule has 1 heterocycles. The Balaban J connectivity index is 1.30. The summed E-state index contributed by atoms with van der Waals surface area (Å²) in [6.07, 6.45) is 16.9. The minimum absolute atomic E-state index is 0.466. The van der Waals surface area contributed by atoms with Gasteiger partial charge >= 0.3 is 0 Å². The van der Waals surface area contributed by atoms with Crippen LogP contribution in [-0.2, 0) is 12.8 Å². The number of benzene rings is 1. The molecule has 2 aromatic rings. The monoisotopic (exact) mass is 475 g/mol. The van der Waals surface area contributed by atoms with Crippen molar-refractivity contribution < 1.29 is 0 Å². The Kier molecular flexibility index (Phi) is 9.58. The van der Waals surface area contributed by atoms with Gasteiger partial charge in [0, 0.05) is 38.3 Å². The number of nitrogens with zero attached hydrogens (tertiary/aromatic N) is 3. The van der Waals surface area contributed by atoms with Crippen LogP contribution in [0.2, 0.25) is 0 Å². The molecule has 5 heteroatoms. The number of unbranched alkanes of at least 4 members (excludes halogenated alkanes) is 2. The summed E-state index contributed by atoms with van der Waals surface area (Å²) in [7, 11) is 4.20. The zero-order valence-electron chi connectivity index (χ0n) is 22.2.